The van der Waals surface area contributed by atoms with Crippen molar-refractivity contribution in [2.75, 3.05) is 6.54 Å². The number of hydrogen-bond acceptors (Lipinski definition) is 1. The summed E-state index contributed by atoms with van der Waals surface area (Å²) in [6.07, 6.45) is 3.30. The zero-order chi connectivity index (χ0) is 7.56. The lowest BCUT2D eigenvalue weighted by Crippen LogP contribution is -2.32. The fourth-order valence-corrected chi connectivity index (χ4v) is 1.25. The Morgan fingerprint density at radius 2 is 2.30 bits per heavy atom. The third kappa shape index (κ3) is 1.38. The van der Waals surface area contributed by atoms with Crippen LogP contribution in [0, 0.1) is 5.41 Å². The molecule has 2 heteroatoms. The Morgan fingerprint density at radius 1 is 1.60 bits per heavy atom. The van der Waals surface area contributed by atoms with E-state index < -0.39 is 0 Å². The van der Waals surface area contributed by atoms with Gasteiger partial charge in [0.15, 0.2) is 0 Å². The zero-order valence-corrected chi connectivity index (χ0v) is 6.48. The van der Waals surface area contributed by atoms with Crippen molar-refractivity contribution in [3.05, 3.63) is 12.3 Å². The lowest BCUT2D eigenvalue weighted by Gasteiger charge is -2.29. The van der Waals surface area contributed by atoms with Crippen molar-refractivity contribution in [1.82, 2.24) is 4.90 Å². The first-order chi connectivity index (χ1) is 4.72. The summed E-state index contributed by atoms with van der Waals surface area (Å²) in [6.45, 7) is 6.77. The molecule has 0 amide bonds. The first-order valence-corrected chi connectivity index (χ1v) is 3.72. The van der Waals surface area contributed by atoms with Crippen LogP contribution >= 0.6 is 0 Å². The molecule has 2 nitrogen and oxygen atoms in total. The average molecular weight is 138 g/mol. The van der Waals surface area contributed by atoms with E-state index in [-0.39, 0.29) is 0 Å². The molecular weight excluding hydrogens is 124 g/mol. The van der Waals surface area contributed by atoms with Crippen molar-refractivity contribution in [1.29, 1.82) is 5.41 Å². The van der Waals surface area contributed by atoms with E-state index in [0.717, 1.165) is 24.5 Å². The molecule has 1 heterocycles. The van der Waals surface area contributed by atoms with Crippen LogP contribution in [0.4, 0.5) is 0 Å². The monoisotopic (exact) mass is 138 g/mol. The predicted octanol–water partition coefficient (Wildman–Crippen LogP) is 1.98. The van der Waals surface area contributed by atoms with Crippen LogP contribution in [0.3, 0.4) is 0 Å². The molecule has 0 radical (unpaired) electrons. The molecule has 0 aromatic carbocycles. The highest BCUT2D eigenvalue weighted by molar-refractivity contribution is 5.81. The number of likely N-dealkylation sites (tertiary alicyclic amines) is 1. The molecule has 10 heavy (non-hydrogen) atoms. The van der Waals surface area contributed by atoms with Gasteiger partial charge in [0.1, 0.15) is 0 Å². The van der Waals surface area contributed by atoms with E-state index in [1.165, 1.54) is 12.8 Å². The summed E-state index contributed by atoms with van der Waals surface area (Å²) in [5.41, 5.74) is 1.00. The van der Waals surface area contributed by atoms with E-state index in [1.807, 2.05) is 11.8 Å². The van der Waals surface area contributed by atoms with Crippen LogP contribution in [0.1, 0.15) is 26.2 Å². The average Bonchev–Trinajstić information content (AvgIpc) is 1.88. The third-order valence-corrected chi connectivity index (χ3v) is 1.83. The van der Waals surface area contributed by atoms with E-state index in [1.54, 1.807) is 0 Å². The minimum Gasteiger partial charge on any atom is -0.335 e. The summed E-state index contributed by atoms with van der Waals surface area (Å²) < 4.78 is 0. The number of allylic oxidation sites excluding steroid dienone is 1. The number of hydrogen-bond donors (Lipinski definition) is 1. The smallest absolute Gasteiger partial charge is 0.0999 e. The maximum Gasteiger partial charge on any atom is 0.0999 e. The highest BCUT2D eigenvalue weighted by atomic mass is 15.2. The number of piperidine rings is 1. The molecule has 0 saturated carbocycles. The van der Waals surface area contributed by atoms with Crippen molar-refractivity contribution in [2.24, 2.45) is 0 Å². The maximum atomic E-state index is 7.54. The lowest BCUT2D eigenvalue weighted by atomic mass is 10.1. The van der Waals surface area contributed by atoms with Crippen molar-refractivity contribution in [3.8, 4) is 0 Å². The molecular formula is C8H14N2. The quantitative estimate of drug-likeness (QED) is 0.589. The predicted molar refractivity (Wildman–Crippen MR) is 43.1 cm³/mol. The fourth-order valence-electron chi connectivity index (χ4n) is 1.25. The SMILES string of the molecule is C=C(C)N1CCCCC1=N. The summed E-state index contributed by atoms with van der Waals surface area (Å²) in [5, 5.41) is 7.54. The maximum absolute atomic E-state index is 7.54. The second-order valence-corrected chi connectivity index (χ2v) is 2.79. The topological polar surface area (TPSA) is 27.1 Å². The summed E-state index contributed by atoms with van der Waals surface area (Å²) in [4.78, 5) is 1.99. The van der Waals surface area contributed by atoms with Crippen LogP contribution in [0.15, 0.2) is 12.3 Å². The molecule has 0 atom stereocenters. The van der Waals surface area contributed by atoms with Gasteiger partial charge in [0, 0.05) is 18.7 Å². The van der Waals surface area contributed by atoms with Gasteiger partial charge >= 0.3 is 0 Å². The number of nitrogens with one attached hydrogen (secondary N) is 1. The Hall–Kier alpha value is -0.790. The normalized spacial score (nSPS) is 19.3. The molecule has 0 aliphatic carbocycles. The third-order valence-electron chi connectivity index (χ3n) is 1.83. The first-order valence-electron chi connectivity index (χ1n) is 3.72. The zero-order valence-electron chi connectivity index (χ0n) is 6.48. The molecule has 1 aliphatic heterocycles. The molecule has 0 aromatic heterocycles. The van der Waals surface area contributed by atoms with Crippen LogP contribution in [0.2, 0.25) is 0 Å². The molecule has 0 unspecified atom stereocenters. The summed E-state index contributed by atoms with van der Waals surface area (Å²) in [5.74, 6) is 0.735. The van der Waals surface area contributed by atoms with Crippen LogP contribution in [-0.2, 0) is 0 Å². The van der Waals surface area contributed by atoms with E-state index >= 15 is 0 Å². The molecule has 56 valence electrons. The van der Waals surface area contributed by atoms with E-state index in [2.05, 4.69) is 6.58 Å². The Morgan fingerprint density at radius 3 is 2.70 bits per heavy atom. The number of amidine groups is 1. The molecule has 1 fully saturated rings. The van der Waals surface area contributed by atoms with E-state index in [9.17, 15) is 0 Å². The second-order valence-electron chi connectivity index (χ2n) is 2.79. The van der Waals surface area contributed by atoms with Crippen LogP contribution in [-0.4, -0.2) is 17.3 Å². The first kappa shape index (κ1) is 7.32. The van der Waals surface area contributed by atoms with Crippen molar-refractivity contribution < 1.29 is 0 Å². The molecule has 1 saturated heterocycles. The Labute approximate surface area is 62.0 Å². The highest BCUT2D eigenvalue weighted by Gasteiger charge is 2.13. The summed E-state index contributed by atoms with van der Waals surface area (Å²) in [7, 11) is 0. The van der Waals surface area contributed by atoms with Crippen molar-refractivity contribution >= 4 is 5.84 Å². The van der Waals surface area contributed by atoms with Gasteiger partial charge in [0.25, 0.3) is 0 Å². The Balaban J connectivity index is 2.56. The minimum absolute atomic E-state index is 0.735. The lowest BCUT2D eigenvalue weighted by molar-refractivity contribution is 0.439. The van der Waals surface area contributed by atoms with Crippen LogP contribution < -0.4 is 0 Å². The Bertz CT molecular complexity index is 161. The van der Waals surface area contributed by atoms with E-state index in [0.29, 0.717) is 0 Å². The van der Waals surface area contributed by atoms with Gasteiger partial charge in [0.05, 0.1) is 5.84 Å². The minimum atomic E-state index is 0.735. The molecule has 1 aliphatic rings. The highest BCUT2D eigenvalue weighted by Crippen LogP contribution is 2.14. The number of nitrogens with zero attached hydrogens (tertiary/aromatic N) is 1. The van der Waals surface area contributed by atoms with Crippen molar-refractivity contribution in [3.63, 3.8) is 0 Å². The van der Waals surface area contributed by atoms with Gasteiger partial charge in [-0.1, -0.05) is 6.58 Å². The van der Waals surface area contributed by atoms with Crippen LogP contribution in [0.5, 0.6) is 0 Å². The molecule has 0 aromatic rings. The molecule has 0 bridgehead atoms. The number of rotatable bonds is 1. The molecule has 1 rings (SSSR count). The van der Waals surface area contributed by atoms with Crippen molar-refractivity contribution in [2.45, 2.75) is 26.2 Å². The van der Waals surface area contributed by atoms with E-state index in [4.69, 9.17) is 5.41 Å². The van der Waals surface area contributed by atoms with Gasteiger partial charge in [-0.15, -0.1) is 0 Å². The second kappa shape index (κ2) is 2.86. The van der Waals surface area contributed by atoms with Gasteiger partial charge in [-0.05, 0) is 19.8 Å². The van der Waals surface area contributed by atoms with Gasteiger partial charge in [-0.2, -0.15) is 0 Å². The largest absolute Gasteiger partial charge is 0.335 e. The van der Waals surface area contributed by atoms with Gasteiger partial charge < -0.3 is 4.90 Å². The molecule has 0 spiro atoms. The molecule has 1 N–H and O–H groups in total. The van der Waals surface area contributed by atoms with Crippen LogP contribution in [0.25, 0.3) is 0 Å². The van der Waals surface area contributed by atoms with Gasteiger partial charge in [-0.3, -0.25) is 5.41 Å². The fraction of sp³-hybridized carbons (Fsp3) is 0.625. The van der Waals surface area contributed by atoms with Gasteiger partial charge in [-0.25, -0.2) is 0 Å². The summed E-state index contributed by atoms with van der Waals surface area (Å²) in [6, 6.07) is 0. The summed E-state index contributed by atoms with van der Waals surface area (Å²) >= 11 is 0. The standard InChI is InChI=1S/C8H14N2/c1-7(2)10-6-4-3-5-8(10)9/h9H,1,3-6H2,2H3. The Kier molecular flexibility index (Phi) is 2.10. The van der Waals surface area contributed by atoms with Gasteiger partial charge in [0.2, 0.25) is 0 Å².